The second-order valence-corrected chi connectivity index (χ2v) is 8.26. The fraction of sp³-hybridized carbons (Fsp3) is 0.417. The predicted molar refractivity (Wildman–Crippen MR) is 118 cm³/mol. The second-order valence-electron chi connectivity index (χ2n) is 8.26. The number of likely N-dealkylation sites (N-methyl/N-ethyl adjacent to an activating group) is 1. The highest BCUT2D eigenvalue weighted by atomic mass is 16.7. The topological polar surface area (TPSA) is 71.1 Å². The second kappa shape index (κ2) is 8.98. The van der Waals surface area contributed by atoms with Crippen LogP contribution in [0, 0.1) is 5.92 Å². The van der Waals surface area contributed by atoms with Gasteiger partial charge in [-0.05, 0) is 43.8 Å². The predicted octanol–water partition coefficient (Wildman–Crippen LogP) is 2.75. The quantitative estimate of drug-likeness (QED) is 0.742. The van der Waals surface area contributed by atoms with Gasteiger partial charge in [0.1, 0.15) is 0 Å². The summed E-state index contributed by atoms with van der Waals surface area (Å²) in [4.78, 5) is 29.2. The number of nitrogens with zero attached hydrogens (tertiary/aromatic N) is 2. The molecule has 2 heterocycles. The van der Waals surface area contributed by atoms with Crippen molar-refractivity contribution in [3.63, 3.8) is 0 Å². The average molecular weight is 424 g/mol. The van der Waals surface area contributed by atoms with Crippen LogP contribution in [0.5, 0.6) is 11.5 Å². The normalized spacial score (nSPS) is 18.5. The molecular formula is C24H29N3O4. The van der Waals surface area contributed by atoms with Crippen LogP contribution in [0.3, 0.4) is 0 Å². The summed E-state index contributed by atoms with van der Waals surface area (Å²) in [6, 6.07) is 14.0. The van der Waals surface area contributed by atoms with Gasteiger partial charge in [-0.15, -0.1) is 0 Å². The zero-order valence-electron chi connectivity index (χ0n) is 18.3. The molecule has 1 fully saturated rings. The lowest BCUT2D eigenvalue weighted by atomic mass is 10.0. The third-order valence-electron chi connectivity index (χ3n) is 6.03. The zero-order chi connectivity index (χ0) is 22.0. The Bertz CT molecular complexity index is 958. The number of nitrogens with one attached hydrogen (secondary N) is 1. The summed E-state index contributed by atoms with van der Waals surface area (Å²) < 4.78 is 10.7. The third-order valence-corrected chi connectivity index (χ3v) is 6.03. The summed E-state index contributed by atoms with van der Waals surface area (Å²) >= 11 is 0. The van der Waals surface area contributed by atoms with Crippen molar-refractivity contribution in [1.29, 1.82) is 0 Å². The molecule has 31 heavy (non-hydrogen) atoms. The van der Waals surface area contributed by atoms with E-state index in [2.05, 4.69) is 41.4 Å². The fourth-order valence-electron chi connectivity index (χ4n) is 4.10. The molecule has 2 aliphatic heterocycles. The summed E-state index contributed by atoms with van der Waals surface area (Å²) in [5.74, 6) is 0.780. The van der Waals surface area contributed by atoms with Gasteiger partial charge in [0, 0.05) is 31.3 Å². The Kier molecular flexibility index (Phi) is 6.13. The number of ether oxygens (including phenoxy) is 2. The van der Waals surface area contributed by atoms with Crippen LogP contribution in [0.4, 0.5) is 5.69 Å². The van der Waals surface area contributed by atoms with Crippen LogP contribution < -0.4 is 19.7 Å². The molecule has 7 nitrogen and oxygen atoms in total. The van der Waals surface area contributed by atoms with Gasteiger partial charge in [-0.3, -0.25) is 9.59 Å². The Morgan fingerprint density at radius 3 is 2.61 bits per heavy atom. The lowest BCUT2D eigenvalue weighted by Crippen LogP contribution is -2.38. The highest BCUT2D eigenvalue weighted by Gasteiger charge is 2.36. The van der Waals surface area contributed by atoms with Crippen molar-refractivity contribution >= 4 is 17.5 Å². The number of anilines is 1. The monoisotopic (exact) mass is 423 g/mol. The Labute approximate surface area is 182 Å². The Balaban J connectivity index is 1.38. The number of amides is 2. The standard InChI is InChI=1S/C24H29N3O4/c1-4-16-5-7-17(8-6-16)20(26(2)3)13-25-24(29)18-11-23(28)27(14-18)19-9-10-21-22(12-19)31-15-30-21/h5-10,12,18,20H,4,11,13-15H2,1-3H3,(H,25,29). The molecule has 2 aromatic carbocycles. The van der Waals surface area contributed by atoms with Crippen LogP contribution in [0.15, 0.2) is 42.5 Å². The van der Waals surface area contributed by atoms with Gasteiger partial charge in [-0.1, -0.05) is 31.2 Å². The minimum atomic E-state index is -0.372. The van der Waals surface area contributed by atoms with E-state index in [0.717, 1.165) is 17.7 Å². The smallest absolute Gasteiger partial charge is 0.231 e. The van der Waals surface area contributed by atoms with Gasteiger partial charge in [0.25, 0.3) is 0 Å². The first kappa shape index (κ1) is 21.2. The number of carbonyl (C=O) groups excluding carboxylic acids is 2. The molecule has 2 aliphatic rings. The highest BCUT2D eigenvalue weighted by molar-refractivity contribution is 6.00. The SMILES string of the molecule is CCc1ccc(C(CNC(=O)C2CC(=O)N(c3ccc4c(c3)OCO4)C2)N(C)C)cc1. The maximum absolute atomic E-state index is 12.9. The number of fused-ring (bicyclic) bond motifs is 1. The van der Waals surface area contributed by atoms with Crippen LogP contribution in [0.2, 0.25) is 0 Å². The van der Waals surface area contributed by atoms with Gasteiger partial charge in [0.2, 0.25) is 18.6 Å². The molecule has 1 saturated heterocycles. The minimum Gasteiger partial charge on any atom is -0.454 e. The van der Waals surface area contributed by atoms with Crippen molar-refractivity contribution < 1.29 is 19.1 Å². The van der Waals surface area contributed by atoms with Gasteiger partial charge in [-0.25, -0.2) is 0 Å². The summed E-state index contributed by atoms with van der Waals surface area (Å²) in [5, 5.41) is 3.06. The lowest BCUT2D eigenvalue weighted by molar-refractivity contribution is -0.126. The van der Waals surface area contributed by atoms with Crippen LogP contribution in [-0.2, 0) is 16.0 Å². The fourth-order valence-corrected chi connectivity index (χ4v) is 4.10. The number of hydrogen-bond donors (Lipinski definition) is 1. The van der Waals surface area contributed by atoms with Crippen LogP contribution in [0.1, 0.15) is 30.5 Å². The lowest BCUT2D eigenvalue weighted by Gasteiger charge is -2.26. The van der Waals surface area contributed by atoms with Crippen molar-refractivity contribution in [2.45, 2.75) is 25.8 Å². The molecule has 0 radical (unpaired) electrons. The summed E-state index contributed by atoms with van der Waals surface area (Å²) in [6.07, 6.45) is 1.21. The number of aryl methyl sites for hydroxylation is 1. The maximum Gasteiger partial charge on any atom is 0.231 e. The number of rotatable bonds is 7. The molecule has 0 spiro atoms. The molecule has 0 bridgehead atoms. The molecule has 0 aromatic heterocycles. The van der Waals surface area contributed by atoms with Crippen LogP contribution >= 0.6 is 0 Å². The first-order valence-corrected chi connectivity index (χ1v) is 10.7. The molecule has 164 valence electrons. The molecular weight excluding hydrogens is 394 g/mol. The molecule has 0 saturated carbocycles. The highest BCUT2D eigenvalue weighted by Crippen LogP contribution is 2.37. The van der Waals surface area contributed by atoms with Gasteiger partial charge in [-0.2, -0.15) is 0 Å². The summed E-state index contributed by atoms with van der Waals surface area (Å²) in [6.45, 7) is 3.18. The van der Waals surface area contributed by atoms with E-state index in [0.29, 0.717) is 24.6 Å². The van der Waals surface area contributed by atoms with E-state index >= 15 is 0 Å². The maximum atomic E-state index is 12.9. The van der Waals surface area contributed by atoms with Gasteiger partial charge >= 0.3 is 0 Å². The summed E-state index contributed by atoms with van der Waals surface area (Å²) in [7, 11) is 4.01. The van der Waals surface area contributed by atoms with Crippen molar-refractivity contribution in [1.82, 2.24) is 10.2 Å². The van der Waals surface area contributed by atoms with Crippen LogP contribution in [0.25, 0.3) is 0 Å². The van der Waals surface area contributed by atoms with Crippen molar-refractivity contribution in [2.75, 3.05) is 38.9 Å². The third kappa shape index (κ3) is 4.51. The van der Waals surface area contributed by atoms with E-state index in [1.54, 1.807) is 17.0 Å². The van der Waals surface area contributed by atoms with E-state index in [4.69, 9.17) is 9.47 Å². The molecule has 7 heteroatoms. The van der Waals surface area contributed by atoms with E-state index in [-0.39, 0.29) is 37.0 Å². The molecule has 2 amide bonds. The van der Waals surface area contributed by atoms with Crippen LogP contribution in [-0.4, -0.2) is 50.7 Å². The molecule has 2 atom stereocenters. The van der Waals surface area contributed by atoms with E-state index < -0.39 is 0 Å². The average Bonchev–Trinajstić information content (AvgIpc) is 3.39. The molecule has 1 N–H and O–H groups in total. The number of hydrogen-bond acceptors (Lipinski definition) is 5. The number of benzene rings is 2. The molecule has 4 rings (SSSR count). The van der Waals surface area contributed by atoms with E-state index in [1.165, 1.54) is 5.56 Å². The molecule has 2 unspecified atom stereocenters. The Morgan fingerprint density at radius 1 is 1.16 bits per heavy atom. The first-order chi connectivity index (χ1) is 15.0. The van der Waals surface area contributed by atoms with Crippen molar-refractivity contribution in [2.24, 2.45) is 5.92 Å². The Hall–Kier alpha value is -3.06. The van der Waals surface area contributed by atoms with Crippen molar-refractivity contribution in [3.05, 3.63) is 53.6 Å². The van der Waals surface area contributed by atoms with Gasteiger partial charge < -0.3 is 24.6 Å². The Morgan fingerprint density at radius 2 is 1.90 bits per heavy atom. The van der Waals surface area contributed by atoms with E-state index in [1.807, 2.05) is 20.2 Å². The largest absolute Gasteiger partial charge is 0.454 e. The zero-order valence-corrected chi connectivity index (χ0v) is 18.3. The first-order valence-electron chi connectivity index (χ1n) is 10.7. The van der Waals surface area contributed by atoms with Gasteiger partial charge in [0.15, 0.2) is 11.5 Å². The van der Waals surface area contributed by atoms with Gasteiger partial charge in [0.05, 0.1) is 12.0 Å². The molecule has 2 aromatic rings. The minimum absolute atomic E-state index is 0.0571. The van der Waals surface area contributed by atoms with Crippen molar-refractivity contribution in [3.8, 4) is 11.5 Å². The van der Waals surface area contributed by atoms with E-state index in [9.17, 15) is 9.59 Å². The molecule has 0 aliphatic carbocycles. The number of carbonyl (C=O) groups is 2. The summed E-state index contributed by atoms with van der Waals surface area (Å²) in [5.41, 5.74) is 3.18.